The number of likely N-dealkylation sites (N-methyl/N-ethyl adjacent to an activating group) is 1. The Morgan fingerprint density at radius 2 is 1.90 bits per heavy atom. The van der Waals surface area contributed by atoms with Crippen molar-refractivity contribution in [3.8, 4) is 0 Å². The fourth-order valence-electron chi connectivity index (χ4n) is 4.69. The molecule has 0 aromatic rings. The van der Waals surface area contributed by atoms with Crippen LogP contribution in [0.2, 0.25) is 0 Å². The van der Waals surface area contributed by atoms with Gasteiger partial charge in [-0.3, -0.25) is 4.90 Å². The van der Waals surface area contributed by atoms with Gasteiger partial charge in [-0.2, -0.15) is 0 Å². The first-order valence-corrected chi connectivity index (χ1v) is 8.92. The summed E-state index contributed by atoms with van der Waals surface area (Å²) in [7, 11) is 2.33. The zero-order chi connectivity index (χ0) is 14.0. The van der Waals surface area contributed by atoms with Gasteiger partial charge in [0.2, 0.25) is 0 Å². The molecule has 1 aliphatic carbocycles. The quantitative estimate of drug-likeness (QED) is 0.856. The first-order chi connectivity index (χ1) is 9.72. The van der Waals surface area contributed by atoms with Crippen LogP contribution in [-0.4, -0.2) is 60.6 Å². The van der Waals surface area contributed by atoms with E-state index < -0.39 is 0 Å². The summed E-state index contributed by atoms with van der Waals surface area (Å²) in [5, 5.41) is 3.92. The molecule has 1 spiro atoms. The predicted molar refractivity (Wildman–Crippen MR) is 85.1 cm³/mol. The molecule has 1 N–H and O–H groups in total. The molecular formula is C17H33N3. The van der Waals surface area contributed by atoms with Crippen LogP contribution in [0.25, 0.3) is 0 Å². The zero-order valence-electron chi connectivity index (χ0n) is 13.5. The molecule has 0 amide bonds. The van der Waals surface area contributed by atoms with Gasteiger partial charge in [0.1, 0.15) is 0 Å². The lowest BCUT2D eigenvalue weighted by molar-refractivity contribution is 0.0426. The summed E-state index contributed by atoms with van der Waals surface area (Å²) in [5.41, 5.74) is 0.471. The summed E-state index contributed by atoms with van der Waals surface area (Å²) >= 11 is 0. The second-order valence-corrected chi connectivity index (χ2v) is 7.49. The van der Waals surface area contributed by atoms with Crippen molar-refractivity contribution in [2.75, 3.05) is 33.2 Å². The van der Waals surface area contributed by atoms with Crippen LogP contribution in [0.15, 0.2) is 0 Å². The van der Waals surface area contributed by atoms with Crippen molar-refractivity contribution in [3.63, 3.8) is 0 Å². The van der Waals surface area contributed by atoms with Crippen molar-refractivity contribution < 1.29 is 0 Å². The fraction of sp³-hybridized carbons (Fsp3) is 1.00. The second kappa shape index (κ2) is 6.33. The van der Waals surface area contributed by atoms with Crippen LogP contribution in [0.3, 0.4) is 0 Å². The van der Waals surface area contributed by atoms with Crippen LogP contribution in [-0.2, 0) is 0 Å². The van der Waals surface area contributed by atoms with E-state index in [9.17, 15) is 0 Å². The topological polar surface area (TPSA) is 18.5 Å². The third-order valence-electron chi connectivity index (χ3n) is 6.13. The molecule has 3 nitrogen and oxygen atoms in total. The number of hydrogen-bond donors (Lipinski definition) is 1. The number of nitrogens with zero attached hydrogens (tertiary/aromatic N) is 2. The Kier molecular flexibility index (Phi) is 4.68. The highest BCUT2D eigenvalue weighted by molar-refractivity contribution is 5.01. The highest BCUT2D eigenvalue weighted by atomic mass is 15.3. The van der Waals surface area contributed by atoms with Crippen LogP contribution in [0.5, 0.6) is 0 Å². The minimum Gasteiger partial charge on any atom is -0.308 e. The fourth-order valence-corrected chi connectivity index (χ4v) is 4.69. The first-order valence-electron chi connectivity index (χ1n) is 8.92. The summed E-state index contributed by atoms with van der Waals surface area (Å²) < 4.78 is 0. The van der Waals surface area contributed by atoms with E-state index in [0.29, 0.717) is 5.54 Å². The number of hydrogen-bond acceptors (Lipinski definition) is 3. The summed E-state index contributed by atoms with van der Waals surface area (Å²) in [6.45, 7) is 7.48. The molecule has 0 radical (unpaired) electrons. The maximum absolute atomic E-state index is 3.92. The Balaban J connectivity index is 1.64. The molecule has 3 heteroatoms. The second-order valence-electron chi connectivity index (χ2n) is 7.49. The largest absolute Gasteiger partial charge is 0.308 e. The standard InChI is InChI=1S/C17H33N3/c1-3-15-12-18-17(9-5-6-10-17)14-20(15)13-16-8-4-7-11-19(16)2/h15-16,18H,3-14H2,1-2H3. The molecule has 3 fully saturated rings. The van der Waals surface area contributed by atoms with Crippen molar-refractivity contribution in [2.24, 2.45) is 0 Å². The third-order valence-corrected chi connectivity index (χ3v) is 6.13. The van der Waals surface area contributed by atoms with Gasteiger partial charge in [-0.25, -0.2) is 0 Å². The molecule has 2 saturated heterocycles. The van der Waals surface area contributed by atoms with Gasteiger partial charge in [0.15, 0.2) is 0 Å². The number of piperazine rings is 1. The Bertz CT molecular complexity index is 311. The van der Waals surface area contributed by atoms with E-state index >= 15 is 0 Å². The monoisotopic (exact) mass is 279 g/mol. The summed E-state index contributed by atoms with van der Waals surface area (Å²) in [6.07, 6.45) is 11.2. The summed E-state index contributed by atoms with van der Waals surface area (Å²) in [6, 6.07) is 1.56. The Hall–Kier alpha value is -0.120. The Labute approximate surface area is 125 Å². The number of nitrogens with one attached hydrogen (secondary N) is 1. The van der Waals surface area contributed by atoms with Gasteiger partial charge in [-0.1, -0.05) is 26.2 Å². The highest BCUT2D eigenvalue weighted by Gasteiger charge is 2.41. The van der Waals surface area contributed by atoms with Crippen molar-refractivity contribution in [2.45, 2.75) is 75.9 Å². The van der Waals surface area contributed by atoms with Crippen LogP contribution in [0, 0.1) is 0 Å². The molecule has 3 rings (SSSR count). The molecule has 0 bridgehead atoms. The molecule has 2 unspecified atom stereocenters. The normalized spacial score (nSPS) is 35.7. The minimum absolute atomic E-state index is 0.471. The molecule has 2 atom stereocenters. The van der Waals surface area contributed by atoms with Crippen molar-refractivity contribution in [3.05, 3.63) is 0 Å². The van der Waals surface area contributed by atoms with Crippen molar-refractivity contribution >= 4 is 0 Å². The molecule has 0 aromatic carbocycles. The summed E-state index contributed by atoms with van der Waals surface area (Å²) in [4.78, 5) is 5.45. The number of likely N-dealkylation sites (tertiary alicyclic amines) is 1. The molecule has 1 saturated carbocycles. The van der Waals surface area contributed by atoms with Crippen molar-refractivity contribution in [1.82, 2.24) is 15.1 Å². The van der Waals surface area contributed by atoms with Crippen LogP contribution in [0.1, 0.15) is 58.3 Å². The van der Waals surface area contributed by atoms with Gasteiger partial charge in [0.25, 0.3) is 0 Å². The molecule has 20 heavy (non-hydrogen) atoms. The van der Waals surface area contributed by atoms with Crippen molar-refractivity contribution in [1.29, 1.82) is 0 Å². The van der Waals surface area contributed by atoms with E-state index in [1.165, 1.54) is 77.5 Å². The maximum atomic E-state index is 3.92. The molecule has 116 valence electrons. The van der Waals surface area contributed by atoms with Crippen LogP contribution in [0.4, 0.5) is 0 Å². The van der Waals surface area contributed by atoms with Gasteiger partial charge in [0.05, 0.1) is 0 Å². The lowest BCUT2D eigenvalue weighted by Gasteiger charge is -2.48. The number of piperidine rings is 1. The number of rotatable bonds is 3. The smallest absolute Gasteiger partial charge is 0.0309 e. The van der Waals surface area contributed by atoms with Gasteiger partial charge in [0, 0.05) is 37.3 Å². The molecular weight excluding hydrogens is 246 g/mol. The summed E-state index contributed by atoms with van der Waals surface area (Å²) in [5.74, 6) is 0. The SMILES string of the molecule is CCC1CNC2(CCCC2)CN1CC1CCCCN1C. The lowest BCUT2D eigenvalue weighted by atomic mass is 9.90. The Morgan fingerprint density at radius 1 is 1.10 bits per heavy atom. The predicted octanol–water partition coefficient (Wildman–Crippen LogP) is 2.47. The average Bonchev–Trinajstić information content (AvgIpc) is 2.90. The first kappa shape index (κ1) is 14.8. The molecule has 0 aromatic heterocycles. The van der Waals surface area contributed by atoms with Gasteiger partial charge in [-0.05, 0) is 45.7 Å². The third kappa shape index (κ3) is 3.05. The van der Waals surface area contributed by atoms with E-state index in [-0.39, 0.29) is 0 Å². The van der Waals surface area contributed by atoms with Gasteiger partial charge in [-0.15, -0.1) is 0 Å². The van der Waals surface area contributed by atoms with E-state index in [1.54, 1.807) is 0 Å². The maximum Gasteiger partial charge on any atom is 0.0309 e. The van der Waals surface area contributed by atoms with Gasteiger partial charge < -0.3 is 10.2 Å². The molecule has 2 heterocycles. The van der Waals surface area contributed by atoms with Crippen LogP contribution >= 0.6 is 0 Å². The Morgan fingerprint density at radius 3 is 2.60 bits per heavy atom. The van der Waals surface area contributed by atoms with Crippen LogP contribution < -0.4 is 5.32 Å². The van der Waals surface area contributed by atoms with E-state index in [0.717, 1.165) is 12.1 Å². The molecule has 3 aliphatic rings. The van der Waals surface area contributed by atoms with E-state index in [2.05, 4.69) is 29.1 Å². The van der Waals surface area contributed by atoms with E-state index in [4.69, 9.17) is 0 Å². The molecule has 2 aliphatic heterocycles. The lowest BCUT2D eigenvalue weighted by Crippen LogP contribution is -2.64. The average molecular weight is 279 g/mol. The minimum atomic E-state index is 0.471. The highest BCUT2D eigenvalue weighted by Crippen LogP contribution is 2.34. The van der Waals surface area contributed by atoms with Gasteiger partial charge >= 0.3 is 0 Å². The zero-order valence-corrected chi connectivity index (χ0v) is 13.5. The van der Waals surface area contributed by atoms with E-state index in [1.807, 2.05) is 0 Å².